The minimum Gasteiger partial charge on any atom is -0.506 e. The van der Waals surface area contributed by atoms with E-state index in [2.05, 4.69) is 47.7 Å². The number of aromatic hydroxyl groups is 1. The Balaban J connectivity index is 1.78. The van der Waals surface area contributed by atoms with Gasteiger partial charge >= 0.3 is 0 Å². The van der Waals surface area contributed by atoms with Crippen LogP contribution in [0.3, 0.4) is 0 Å². The third-order valence-corrected chi connectivity index (χ3v) is 4.57. The topological polar surface area (TPSA) is 90.8 Å². The number of anilines is 1. The molecular formula is C18H17Br2N3O3. The number of phenols is 1. The molecule has 0 aliphatic heterocycles. The molecule has 2 amide bonds. The van der Waals surface area contributed by atoms with Crippen LogP contribution in [0.25, 0.3) is 0 Å². The van der Waals surface area contributed by atoms with Gasteiger partial charge in [-0.25, -0.2) is 5.43 Å². The van der Waals surface area contributed by atoms with Crippen molar-refractivity contribution in [2.75, 3.05) is 5.32 Å². The molecule has 26 heavy (non-hydrogen) atoms. The van der Waals surface area contributed by atoms with Crippen molar-refractivity contribution in [3.05, 3.63) is 56.5 Å². The SMILES string of the molecule is Cc1ccc(NC(=O)CCC(=O)N/N=C/c2cc(Br)c(O)c(Br)c2)cc1. The van der Waals surface area contributed by atoms with Crippen LogP contribution < -0.4 is 10.7 Å². The summed E-state index contributed by atoms with van der Waals surface area (Å²) in [6, 6.07) is 10.7. The van der Waals surface area contributed by atoms with E-state index in [1.165, 1.54) is 6.21 Å². The zero-order valence-electron chi connectivity index (χ0n) is 13.9. The molecule has 0 aliphatic carbocycles. The standard InChI is InChI=1S/C18H17Br2N3O3/c1-11-2-4-13(5-3-11)22-16(24)6-7-17(25)23-21-10-12-8-14(19)18(26)15(20)9-12/h2-5,8-10,26H,6-7H2,1H3,(H,22,24)(H,23,25)/b21-10+. The van der Waals surface area contributed by atoms with Gasteiger partial charge in [0.25, 0.3) is 0 Å². The lowest BCUT2D eigenvalue weighted by Gasteiger charge is -2.05. The van der Waals surface area contributed by atoms with Gasteiger partial charge in [0.05, 0.1) is 15.2 Å². The van der Waals surface area contributed by atoms with Crippen LogP contribution in [0, 0.1) is 6.92 Å². The smallest absolute Gasteiger partial charge is 0.240 e. The highest BCUT2D eigenvalue weighted by atomic mass is 79.9. The van der Waals surface area contributed by atoms with Crippen LogP contribution in [0.15, 0.2) is 50.4 Å². The maximum atomic E-state index is 11.8. The summed E-state index contributed by atoms with van der Waals surface area (Å²) in [5.41, 5.74) is 4.85. The number of amides is 2. The molecule has 0 aliphatic rings. The zero-order chi connectivity index (χ0) is 19.1. The van der Waals surface area contributed by atoms with Crippen molar-refractivity contribution in [1.29, 1.82) is 0 Å². The van der Waals surface area contributed by atoms with Crippen LogP contribution in [-0.4, -0.2) is 23.1 Å². The Kier molecular flexibility index (Phi) is 7.35. The van der Waals surface area contributed by atoms with E-state index in [0.717, 1.165) is 5.56 Å². The van der Waals surface area contributed by atoms with Crippen molar-refractivity contribution in [2.24, 2.45) is 5.10 Å². The fourth-order valence-corrected chi connectivity index (χ4v) is 3.20. The number of benzene rings is 2. The van der Waals surface area contributed by atoms with Crippen molar-refractivity contribution in [3.63, 3.8) is 0 Å². The average Bonchev–Trinajstić information content (AvgIpc) is 2.60. The van der Waals surface area contributed by atoms with E-state index in [9.17, 15) is 14.7 Å². The molecule has 6 nitrogen and oxygen atoms in total. The van der Waals surface area contributed by atoms with Crippen molar-refractivity contribution < 1.29 is 14.7 Å². The van der Waals surface area contributed by atoms with Crippen molar-refractivity contribution in [3.8, 4) is 5.75 Å². The van der Waals surface area contributed by atoms with Crippen LogP contribution >= 0.6 is 31.9 Å². The second-order valence-corrected chi connectivity index (χ2v) is 7.25. The number of phenolic OH excluding ortho intramolecular Hbond substituents is 1. The Hall–Kier alpha value is -2.19. The molecule has 0 atom stereocenters. The van der Waals surface area contributed by atoms with Gasteiger partial charge in [-0.05, 0) is 68.6 Å². The number of carbonyl (C=O) groups is 2. The van der Waals surface area contributed by atoms with Crippen LogP contribution in [0.5, 0.6) is 5.75 Å². The number of aryl methyl sites for hydroxylation is 1. The summed E-state index contributed by atoms with van der Waals surface area (Å²) in [6.45, 7) is 1.96. The Morgan fingerprint density at radius 1 is 1.08 bits per heavy atom. The highest BCUT2D eigenvalue weighted by Crippen LogP contribution is 2.32. The second-order valence-electron chi connectivity index (χ2n) is 5.54. The molecule has 2 rings (SSSR count). The molecule has 2 aromatic carbocycles. The van der Waals surface area contributed by atoms with E-state index in [1.54, 1.807) is 12.1 Å². The predicted molar refractivity (Wildman–Crippen MR) is 108 cm³/mol. The second kappa shape index (κ2) is 9.49. The first-order valence-corrected chi connectivity index (χ1v) is 9.30. The molecule has 0 heterocycles. The number of nitrogens with one attached hydrogen (secondary N) is 2. The maximum Gasteiger partial charge on any atom is 0.240 e. The van der Waals surface area contributed by atoms with Crippen molar-refractivity contribution in [2.45, 2.75) is 19.8 Å². The third kappa shape index (κ3) is 6.27. The molecule has 3 N–H and O–H groups in total. The summed E-state index contributed by atoms with van der Waals surface area (Å²) in [6.07, 6.45) is 1.53. The predicted octanol–water partition coefficient (Wildman–Crippen LogP) is 4.09. The number of carbonyl (C=O) groups excluding carboxylic acids is 2. The molecule has 0 radical (unpaired) electrons. The quantitative estimate of drug-likeness (QED) is 0.427. The van der Waals surface area contributed by atoms with Gasteiger partial charge < -0.3 is 10.4 Å². The van der Waals surface area contributed by atoms with Crippen LogP contribution in [0.2, 0.25) is 0 Å². The van der Waals surface area contributed by atoms with Gasteiger partial charge in [0, 0.05) is 18.5 Å². The highest BCUT2D eigenvalue weighted by molar-refractivity contribution is 9.11. The summed E-state index contributed by atoms with van der Waals surface area (Å²) in [5.74, 6) is -0.512. The summed E-state index contributed by atoms with van der Waals surface area (Å²) in [5, 5.41) is 16.2. The highest BCUT2D eigenvalue weighted by Gasteiger charge is 2.07. The van der Waals surface area contributed by atoms with E-state index < -0.39 is 0 Å². The lowest BCUT2D eigenvalue weighted by atomic mass is 10.2. The monoisotopic (exact) mass is 481 g/mol. The summed E-state index contributed by atoms with van der Waals surface area (Å²) in [7, 11) is 0. The van der Waals surface area contributed by atoms with E-state index in [-0.39, 0.29) is 30.4 Å². The fourth-order valence-electron chi connectivity index (χ4n) is 1.98. The number of nitrogens with zero attached hydrogens (tertiary/aromatic N) is 1. The Labute approximate surface area is 167 Å². The number of rotatable bonds is 6. The summed E-state index contributed by atoms with van der Waals surface area (Å²) in [4.78, 5) is 23.6. The van der Waals surface area contributed by atoms with Crippen LogP contribution in [-0.2, 0) is 9.59 Å². The van der Waals surface area contributed by atoms with E-state index in [1.807, 2.05) is 31.2 Å². The normalized spacial score (nSPS) is 10.7. The molecule has 0 bridgehead atoms. The lowest BCUT2D eigenvalue weighted by Crippen LogP contribution is -2.20. The first-order chi connectivity index (χ1) is 12.3. The summed E-state index contributed by atoms with van der Waals surface area (Å²) >= 11 is 6.43. The zero-order valence-corrected chi connectivity index (χ0v) is 17.1. The van der Waals surface area contributed by atoms with Gasteiger partial charge in [0.15, 0.2) is 0 Å². The Morgan fingerprint density at radius 3 is 2.27 bits per heavy atom. The Morgan fingerprint density at radius 2 is 1.65 bits per heavy atom. The minimum absolute atomic E-state index is 0.0258. The van der Waals surface area contributed by atoms with Gasteiger partial charge in [-0.1, -0.05) is 17.7 Å². The molecule has 8 heteroatoms. The van der Waals surface area contributed by atoms with Gasteiger partial charge in [0.1, 0.15) is 5.75 Å². The van der Waals surface area contributed by atoms with Gasteiger partial charge in [0.2, 0.25) is 11.8 Å². The lowest BCUT2D eigenvalue weighted by molar-refractivity contribution is -0.124. The first kappa shape index (κ1) is 20.1. The molecule has 2 aromatic rings. The molecule has 0 fully saturated rings. The van der Waals surface area contributed by atoms with E-state index in [4.69, 9.17) is 0 Å². The molecule has 0 spiro atoms. The molecule has 0 aromatic heterocycles. The third-order valence-electron chi connectivity index (χ3n) is 3.36. The minimum atomic E-state index is -0.364. The van der Waals surface area contributed by atoms with Gasteiger partial charge in [-0.2, -0.15) is 5.10 Å². The number of hydrogen-bond acceptors (Lipinski definition) is 4. The molecule has 0 saturated heterocycles. The van der Waals surface area contributed by atoms with Crippen molar-refractivity contribution in [1.82, 2.24) is 5.43 Å². The van der Waals surface area contributed by atoms with E-state index in [0.29, 0.717) is 20.2 Å². The largest absolute Gasteiger partial charge is 0.506 e. The number of halogens is 2. The molecule has 0 unspecified atom stereocenters. The molecule has 0 saturated carbocycles. The van der Waals surface area contributed by atoms with Crippen LogP contribution in [0.4, 0.5) is 5.69 Å². The van der Waals surface area contributed by atoms with Crippen molar-refractivity contribution >= 4 is 55.6 Å². The Bertz CT molecular complexity index is 813. The van der Waals surface area contributed by atoms with Gasteiger partial charge in [-0.3, -0.25) is 9.59 Å². The number of hydrazone groups is 1. The van der Waals surface area contributed by atoms with Crippen LogP contribution in [0.1, 0.15) is 24.0 Å². The van der Waals surface area contributed by atoms with E-state index >= 15 is 0 Å². The first-order valence-electron chi connectivity index (χ1n) is 7.71. The van der Waals surface area contributed by atoms with Gasteiger partial charge in [-0.15, -0.1) is 0 Å². The fraction of sp³-hybridized carbons (Fsp3) is 0.167. The summed E-state index contributed by atoms with van der Waals surface area (Å²) < 4.78 is 1.01. The average molecular weight is 483 g/mol. The molecule has 136 valence electrons. The molecular weight excluding hydrogens is 466 g/mol. The maximum absolute atomic E-state index is 11.8. The number of hydrogen-bond donors (Lipinski definition) is 3.